The molecule has 8 nitrogen and oxygen atoms in total. The molecular formula is C44H38Cl2N6O2. The van der Waals surface area contributed by atoms with Gasteiger partial charge in [0.25, 0.3) is 0 Å². The Bertz CT molecular complexity index is 2700. The van der Waals surface area contributed by atoms with Gasteiger partial charge in [-0.15, -0.1) is 0 Å². The Kier molecular flexibility index (Phi) is 10.1. The second-order valence-corrected chi connectivity index (χ2v) is 14.2. The standard InChI is InChI=1S/C44H38Cl2N6O2/c45-35-22-20-33(24-36(35)46)42(54)28-50-40-25-34(21-23-39(40)49(43(50)47)26-30-12-4-1-5-13-30)48-44-51(27-31-14-6-2-7-15-31)37-18-10-11-19-38(37)52(44)29-41(53)32-16-8-3-9-17-32/h1-25,41-42,47,53-54H,26-29H2. The van der Waals surface area contributed by atoms with Gasteiger partial charge in [0.15, 0.2) is 0 Å². The third kappa shape index (κ3) is 7.17. The predicted octanol–water partition coefficient (Wildman–Crippen LogP) is 8.78. The van der Waals surface area contributed by atoms with Gasteiger partial charge in [-0.3, -0.25) is 5.41 Å². The molecule has 10 heteroatoms. The predicted molar refractivity (Wildman–Crippen MR) is 215 cm³/mol. The monoisotopic (exact) mass is 752 g/mol. The average molecular weight is 754 g/mol. The van der Waals surface area contributed by atoms with Crippen LogP contribution in [-0.2, 0) is 26.2 Å². The second-order valence-electron chi connectivity index (χ2n) is 13.4. The molecule has 2 heterocycles. The summed E-state index contributed by atoms with van der Waals surface area (Å²) in [5, 5.41) is 33.1. The van der Waals surface area contributed by atoms with Crippen molar-refractivity contribution in [3.05, 3.63) is 195 Å². The van der Waals surface area contributed by atoms with E-state index in [1.54, 1.807) is 18.2 Å². The maximum Gasteiger partial charge on any atom is 0.211 e. The van der Waals surface area contributed by atoms with E-state index in [0.29, 0.717) is 40.0 Å². The van der Waals surface area contributed by atoms with Crippen molar-refractivity contribution >= 4 is 51.0 Å². The Morgan fingerprint density at radius 1 is 0.500 bits per heavy atom. The number of para-hydroxylation sites is 2. The van der Waals surface area contributed by atoms with Crippen LogP contribution in [0.2, 0.25) is 10.0 Å². The molecule has 6 aromatic carbocycles. The summed E-state index contributed by atoms with van der Waals surface area (Å²) in [6.45, 7) is 1.44. The molecule has 2 aromatic heterocycles. The molecule has 2 atom stereocenters. The molecular weight excluding hydrogens is 715 g/mol. The molecule has 0 aliphatic heterocycles. The first-order chi connectivity index (χ1) is 26.3. The number of aromatic nitrogens is 4. The molecule has 2 unspecified atom stereocenters. The van der Waals surface area contributed by atoms with Crippen molar-refractivity contribution in [3.63, 3.8) is 0 Å². The number of aliphatic hydroxyl groups is 2. The smallest absolute Gasteiger partial charge is 0.211 e. The highest BCUT2D eigenvalue weighted by atomic mass is 35.5. The first-order valence-electron chi connectivity index (χ1n) is 17.8. The summed E-state index contributed by atoms with van der Waals surface area (Å²) in [6, 6.07) is 49.1. The fraction of sp³-hybridized carbons (Fsp3) is 0.136. The van der Waals surface area contributed by atoms with E-state index < -0.39 is 12.2 Å². The maximum atomic E-state index is 11.5. The van der Waals surface area contributed by atoms with Crippen molar-refractivity contribution in [2.45, 2.75) is 38.4 Å². The van der Waals surface area contributed by atoms with Crippen LogP contribution >= 0.6 is 23.2 Å². The van der Waals surface area contributed by atoms with Gasteiger partial charge in [0.2, 0.25) is 11.2 Å². The summed E-state index contributed by atoms with van der Waals surface area (Å²) in [4.78, 5) is 5.33. The third-order valence-electron chi connectivity index (χ3n) is 9.82. The van der Waals surface area contributed by atoms with Crippen LogP contribution in [0.4, 0.5) is 5.69 Å². The summed E-state index contributed by atoms with van der Waals surface area (Å²) in [5.41, 5.74) is 8.69. The van der Waals surface area contributed by atoms with Gasteiger partial charge in [-0.25, -0.2) is 4.99 Å². The normalized spacial score (nSPS) is 13.1. The number of fused-ring (bicyclic) bond motifs is 2. The summed E-state index contributed by atoms with van der Waals surface area (Å²) in [5.74, 6) is 0. The first kappa shape index (κ1) is 35.4. The zero-order chi connectivity index (χ0) is 37.2. The van der Waals surface area contributed by atoms with Gasteiger partial charge in [0, 0.05) is 0 Å². The zero-order valence-corrected chi connectivity index (χ0v) is 30.8. The fourth-order valence-electron chi connectivity index (χ4n) is 7.08. The molecule has 270 valence electrons. The molecule has 0 bridgehead atoms. The summed E-state index contributed by atoms with van der Waals surface area (Å²) in [7, 11) is 0. The Labute approximate surface area is 322 Å². The number of nitrogens with zero attached hydrogens (tertiary/aromatic N) is 5. The minimum atomic E-state index is -0.958. The zero-order valence-electron chi connectivity index (χ0n) is 29.3. The number of rotatable bonds is 11. The van der Waals surface area contributed by atoms with E-state index in [9.17, 15) is 15.6 Å². The Hall–Kier alpha value is -5.64. The van der Waals surface area contributed by atoms with Crippen LogP contribution in [0.25, 0.3) is 22.1 Å². The number of aliphatic hydroxyl groups excluding tert-OH is 2. The van der Waals surface area contributed by atoms with Crippen molar-refractivity contribution in [1.29, 1.82) is 5.41 Å². The highest BCUT2D eigenvalue weighted by molar-refractivity contribution is 6.42. The van der Waals surface area contributed by atoms with Crippen LogP contribution < -0.4 is 11.2 Å². The van der Waals surface area contributed by atoms with Gasteiger partial charge in [0.05, 0.1) is 76.2 Å². The molecule has 54 heavy (non-hydrogen) atoms. The van der Waals surface area contributed by atoms with E-state index in [2.05, 4.69) is 33.4 Å². The number of nitrogens with one attached hydrogen (secondary N) is 1. The summed E-state index contributed by atoms with van der Waals surface area (Å²) < 4.78 is 8.03. The molecule has 0 amide bonds. The van der Waals surface area contributed by atoms with Gasteiger partial charge < -0.3 is 28.5 Å². The molecule has 0 aliphatic carbocycles. The van der Waals surface area contributed by atoms with Gasteiger partial charge in [-0.05, 0) is 64.7 Å². The van der Waals surface area contributed by atoms with Crippen LogP contribution in [0.15, 0.2) is 157 Å². The SMILES string of the molecule is N=c1n(Cc2ccccc2)c2ccc(N=c3n(Cc4ccccc4)c4ccccc4n3CC(O)c3ccccc3)cc2n1CC(O)c1ccc(Cl)c(Cl)c1. The van der Waals surface area contributed by atoms with E-state index >= 15 is 0 Å². The van der Waals surface area contributed by atoms with Crippen LogP contribution in [0.1, 0.15) is 34.5 Å². The first-order valence-corrected chi connectivity index (χ1v) is 18.5. The van der Waals surface area contributed by atoms with Crippen molar-refractivity contribution < 1.29 is 10.2 Å². The van der Waals surface area contributed by atoms with E-state index in [4.69, 9.17) is 28.2 Å². The lowest BCUT2D eigenvalue weighted by atomic mass is 10.1. The fourth-order valence-corrected chi connectivity index (χ4v) is 7.39. The Morgan fingerprint density at radius 3 is 1.69 bits per heavy atom. The molecule has 0 spiro atoms. The molecule has 0 radical (unpaired) electrons. The lowest BCUT2D eigenvalue weighted by Crippen LogP contribution is -2.28. The van der Waals surface area contributed by atoms with Gasteiger partial charge >= 0.3 is 0 Å². The molecule has 8 aromatic rings. The molecule has 0 saturated heterocycles. The molecule has 8 rings (SSSR count). The van der Waals surface area contributed by atoms with E-state index in [1.165, 1.54) is 0 Å². The number of benzene rings is 6. The number of hydrogen-bond donors (Lipinski definition) is 3. The topological polar surface area (TPSA) is 96.4 Å². The van der Waals surface area contributed by atoms with Gasteiger partial charge in [0.1, 0.15) is 0 Å². The third-order valence-corrected chi connectivity index (χ3v) is 10.6. The second kappa shape index (κ2) is 15.4. The minimum absolute atomic E-state index is 0.107. The lowest BCUT2D eigenvalue weighted by molar-refractivity contribution is 0.155. The summed E-state index contributed by atoms with van der Waals surface area (Å²) >= 11 is 12.5. The quantitative estimate of drug-likeness (QED) is 0.123. The van der Waals surface area contributed by atoms with E-state index in [0.717, 1.165) is 38.8 Å². The van der Waals surface area contributed by atoms with Crippen LogP contribution in [-0.4, -0.2) is 28.5 Å². The highest BCUT2D eigenvalue weighted by Crippen LogP contribution is 2.28. The molecule has 0 fully saturated rings. The average Bonchev–Trinajstić information content (AvgIpc) is 3.62. The molecule has 0 aliphatic rings. The molecule has 3 N–H and O–H groups in total. The van der Waals surface area contributed by atoms with Gasteiger partial charge in [-0.2, -0.15) is 0 Å². The summed E-state index contributed by atoms with van der Waals surface area (Å²) in [6.07, 6.45) is -1.73. The number of halogens is 2. The van der Waals surface area contributed by atoms with Crippen molar-refractivity contribution in [1.82, 2.24) is 18.3 Å². The Balaban J connectivity index is 1.31. The van der Waals surface area contributed by atoms with Crippen LogP contribution in [0.5, 0.6) is 0 Å². The lowest BCUT2D eigenvalue weighted by Gasteiger charge is -2.14. The Morgan fingerprint density at radius 2 is 1.04 bits per heavy atom. The number of imidazole rings is 2. The van der Waals surface area contributed by atoms with E-state index in [-0.39, 0.29) is 18.7 Å². The minimum Gasteiger partial charge on any atom is -0.387 e. The van der Waals surface area contributed by atoms with Crippen molar-refractivity contribution in [3.8, 4) is 0 Å². The van der Waals surface area contributed by atoms with Gasteiger partial charge in [-0.1, -0.05) is 132 Å². The van der Waals surface area contributed by atoms with Crippen molar-refractivity contribution in [2.24, 2.45) is 4.99 Å². The van der Waals surface area contributed by atoms with Crippen LogP contribution in [0, 0.1) is 5.41 Å². The largest absolute Gasteiger partial charge is 0.387 e. The van der Waals surface area contributed by atoms with E-state index in [1.807, 2.05) is 118 Å². The highest BCUT2D eigenvalue weighted by Gasteiger charge is 2.19. The van der Waals surface area contributed by atoms with Crippen LogP contribution in [0.3, 0.4) is 0 Å². The molecule has 0 saturated carbocycles. The maximum absolute atomic E-state index is 11.5. The van der Waals surface area contributed by atoms with Crippen molar-refractivity contribution in [2.75, 3.05) is 0 Å². The number of hydrogen-bond acceptors (Lipinski definition) is 4.